The van der Waals surface area contributed by atoms with E-state index in [0.717, 1.165) is 31.8 Å². The molecule has 0 bridgehead atoms. The van der Waals surface area contributed by atoms with Crippen LogP contribution >= 0.6 is 11.8 Å². The van der Waals surface area contributed by atoms with Crippen LogP contribution in [0.2, 0.25) is 0 Å². The summed E-state index contributed by atoms with van der Waals surface area (Å²) in [5.41, 5.74) is 1.65. The van der Waals surface area contributed by atoms with E-state index in [-0.39, 0.29) is 19.1 Å². The highest BCUT2D eigenvalue weighted by Crippen LogP contribution is 2.38. The first-order chi connectivity index (χ1) is 16.5. The van der Waals surface area contributed by atoms with Crippen LogP contribution in [0.1, 0.15) is 5.56 Å². The van der Waals surface area contributed by atoms with E-state index in [1.807, 2.05) is 85.8 Å². The Balaban J connectivity index is 1.45. The lowest BCUT2D eigenvalue weighted by Crippen LogP contribution is -2.20. The van der Waals surface area contributed by atoms with Crippen LogP contribution in [-0.2, 0) is 9.59 Å². The summed E-state index contributed by atoms with van der Waals surface area (Å²) < 4.78 is 11.2. The molecule has 2 N–H and O–H groups in total. The highest BCUT2D eigenvalue weighted by Gasteiger charge is 2.11. The first kappa shape index (κ1) is 23.2. The Labute approximate surface area is 201 Å². The van der Waals surface area contributed by atoms with Gasteiger partial charge in [-0.1, -0.05) is 54.2 Å². The number of anilines is 1. The summed E-state index contributed by atoms with van der Waals surface area (Å²) in [6.07, 6.45) is 0. The number of carbonyl (C=O) groups excluding carboxylic acids is 1. The molecule has 6 nitrogen and oxygen atoms in total. The maximum absolute atomic E-state index is 12.2. The second-order valence-electron chi connectivity index (χ2n) is 7.52. The van der Waals surface area contributed by atoms with Gasteiger partial charge < -0.3 is 19.9 Å². The summed E-state index contributed by atoms with van der Waals surface area (Å²) in [5.74, 6) is -0.0514. The fourth-order valence-corrected chi connectivity index (χ4v) is 4.48. The Hall–Kier alpha value is -3.97. The monoisotopic (exact) mass is 473 g/mol. The average Bonchev–Trinajstić information content (AvgIpc) is 2.83. The molecule has 0 heterocycles. The molecule has 0 radical (unpaired) electrons. The van der Waals surface area contributed by atoms with Crippen LogP contribution in [0.15, 0.2) is 94.7 Å². The second-order valence-corrected chi connectivity index (χ2v) is 8.64. The average molecular weight is 474 g/mol. The van der Waals surface area contributed by atoms with Gasteiger partial charge in [0.25, 0.3) is 5.91 Å². The predicted octanol–water partition coefficient (Wildman–Crippen LogP) is 5.78. The van der Waals surface area contributed by atoms with Gasteiger partial charge in [-0.3, -0.25) is 4.79 Å². The molecular weight excluding hydrogens is 450 g/mol. The van der Waals surface area contributed by atoms with Crippen molar-refractivity contribution in [1.82, 2.24) is 0 Å². The summed E-state index contributed by atoms with van der Waals surface area (Å²) in [4.78, 5) is 25.1. The van der Waals surface area contributed by atoms with E-state index in [2.05, 4.69) is 5.32 Å². The van der Waals surface area contributed by atoms with Crippen LogP contribution in [-0.4, -0.2) is 30.2 Å². The fourth-order valence-electron chi connectivity index (χ4n) is 3.43. The summed E-state index contributed by atoms with van der Waals surface area (Å²) in [6.45, 7) is 1.47. The number of hydrogen-bond acceptors (Lipinski definition) is 5. The van der Waals surface area contributed by atoms with Gasteiger partial charge in [-0.15, -0.1) is 0 Å². The van der Waals surface area contributed by atoms with Gasteiger partial charge in [-0.25, -0.2) is 4.79 Å². The molecule has 0 saturated carbocycles. The summed E-state index contributed by atoms with van der Waals surface area (Å²) in [5, 5.41) is 13.6. The Bertz CT molecular complexity index is 1320. The van der Waals surface area contributed by atoms with Crippen LogP contribution in [0, 0.1) is 6.92 Å². The molecule has 34 heavy (non-hydrogen) atoms. The molecule has 0 aliphatic rings. The quantitative estimate of drug-likeness (QED) is 0.321. The molecule has 0 atom stereocenters. The standard InChI is InChI=1S/C27H23NO5S/c1-18-15-20(11-12-23(18)32-16-26(29)28-19-7-3-2-4-8-19)34-25-14-13-24(33-17-27(30)31)21-9-5-6-10-22(21)25/h2-15H,16-17H2,1H3,(H,28,29)(H,30,31). The van der Waals surface area contributed by atoms with E-state index >= 15 is 0 Å². The van der Waals surface area contributed by atoms with Crippen molar-refractivity contribution >= 4 is 40.1 Å². The topological polar surface area (TPSA) is 84.9 Å². The molecule has 0 aliphatic heterocycles. The molecule has 4 aromatic carbocycles. The normalized spacial score (nSPS) is 10.6. The van der Waals surface area contributed by atoms with Gasteiger partial charge in [0.2, 0.25) is 0 Å². The van der Waals surface area contributed by atoms with Crippen molar-refractivity contribution in [1.29, 1.82) is 0 Å². The van der Waals surface area contributed by atoms with Gasteiger partial charge in [-0.2, -0.15) is 0 Å². The van der Waals surface area contributed by atoms with E-state index in [1.54, 1.807) is 17.8 Å². The van der Waals surface area contributed by atoms with Crippen LogP contribution in [0.4, 0.5) is 5.69 Å². The zero-order chi connectivity index (χ0) is 23.9. The van der Waals surface area contributed by atoms with Crippen LogP contribution in [0.25, 0.3) is 10.8 Å². The third-order valence-electron chi connectivity index (χ3n) is 4.99. The van der Waals surface area contributed by atoms with Gasteiger partial charge >= 0.3 is 5.97 Å². The zero-order valence-corrected chi connectivity index (χ0v) is 19.3. The third kappa shape index (κ3) is 5.88. The molecule has 0 aromatic heterocycles. The minimum atomic E-state index is -1.02. The second kappa shape index (κ2) is 10.8. The summed E-state index contributed by atoms with van der Waals surface area (Å²) >= 11 is 1.59. The number of aryl methyl sites for hydroxylation is 1. The number of amides is 1. The third-order valence-corrected chi connectivity index (χ3v) is 6.05. The molecule has 4 aromatic rings. The van der Waals surface area contributed by atoms with E-state index < -0.39 is 5.97 Å². The number of fused-ring (bicyclic) bond motifs is 1. The van der Waals surface area contributed by atoms with Crippen LogP contribution < -0.4 is 14.8 Å². The number of carboxylic acid groups (broad SMARTS) is 1. The van der Waals surface area contributed by atoms with Gasteiger partial charge in [0.15, 0.2) is 13.2 Å². The van der Waals surface area contributed by atoms with E-state index in [9.17, 15) is 9.59 Å². The van der Waals surface area contributed by atoms with Crippen molar-refractivity contribution in [2.24, 2.45) is 0 Å². The van der Waals surface area contributed by atoms with Crippen molar-refractivity contribution in [2.75, 3.05) is 18.5 Å². The smallest absolute Gasteiger partial charge is 0.341 e. The molecule has 7 heteroatoms. The molecule has 4 rings (SSSR count). The van der Waals surface area contributed by atoms with Crippen molar-refractivity contribution in [3.63, 3.8) is 0 Å². The molecule has 0 spiro atoms. The number of carboxylic acids is 1. The molecule has 1 amide bonds. The van der Waals surface area contributed by atoms with Gasteiger partial charge in [-0.05, 0) is 60.3 Å². The lowest BCUT2D eigenvalue weighted by Gasteiger charge is -2.13. The number of ether oxygens (including phenoxy) is 2. The first-order valence-corrected chi connectivity index (χ1v) is 11.4. The van der Waals surface area contributed by atoms with Crippen molar-refractivity contribution in [2.45, 2.75) is 16.7 Å². The zero-order valence-electron chi connectivity index (χ0n) is 18.5. The number of hydrogen-bond donors (Lipinski definition) is 2. The number of benzene rings is 4. The first-order valence-electron chi connectivity index (χ1n) is 10.6. The van der Waals surface area contributed by atoms with Crippen molar-refractivity contribution < 1.29 is 24.2 Å². The SMILES string of the molecule is Cc1cc(Sc2ccc(OCC(=O)O)c3ccccc23)ccc1OCC(=O)Nc1ccccc1. The number of carbonyl (C=O) groups is 2. The minimum absolute atomic E-state index is 0.0787. The number of nitrogens with one attached hydrogen (secondary N) is 1. The number of para-hydroxylation sites is 1. The largest absolute Gasteiger partial charge is 0.483 e. The van der Waals surface area contributed by atoms with E-state index in [0.29, 0.717) is 11.5 Å². The maximum atomic E-state index is 12.2. The fraction of sp³-hybridized carbons (Fsp3) is 0.111. The van der Waals surface area contributed by atoms with E-state index in [1.165, 1.54) is 0 Å². The Kier molecular flexibility index (Phi) is 7.34. The molecule has 0 unspecified atom stereocenters. The Morgan fingerprint density at radius 2 is 1.50 bits per heavy atom. The van der Waals surface area contributed by atoms with Crippen LogP contribution in [0.5, 0.6) is 11.5 Å². The van der Waals surface area contributed by atoms with Crippen molar-refractivity contribution in [3.05, 3.63) is 90.5 Å². The van der Waals surface area contributed by atoms with Gasteiger partial charge in [0.05, 0.1) is 0 Å². The van der Waals surface area contributed by atoms with E-state index in [4.69, 9.17) is 14.6 Å². The number of aliphatic carboxylic acids is 1. The molecule has 0 saturated heterocycles. The Morgan fingerprint density at radius 1 is 0.824 bits per heavy atom. The summed E-state index contributed by atoms with van der Waals surface area (Å²) in [7, 11) is 0. The molecule has 0 aliphatic carbocycles. The predicted molar refractivity (Wildman–Crippen MR) is 133 cm³/mol. The van der Waals surface area contributed by atoms with Crippen LogP contribution in [0.3, 0.4) is 0 Å². The molecular formula is C27H23NO5S. The van der Waals surface area contributed by atoms with Gasteiger partial charge in [0, 0.05) is 20.9 Å². The lowest BCUT2D eigenvalue weighted by atomic mass is 10.1. The lowest BCUT2D eigenvalue weighted by molar-refractivity contribution is -0.139. The summed E-state index contributed by atoms with van der Waals surface area (Å²) in [6, 6.07) is 26.5. The number of rotatable bonds is 9. The maximum Gasteiger partial charge on any atom is 0.341 e. The Morgan fingerprint density at radius 3 is 2.24 bits per heavy atom. The van der Waals surface area contributed by atoms with Crippen molar-refractivity contribution in [3.8, 4) is 11.5 Å². The molecule has 0 fully saturated rings. The molecule has 172 valence electrons. The highest BCUT2D eigenvalue weighted by atomic mass is 32.2. The van der Waals surface area contributed by atoms with Gasteiger partial charge in [0.1, 0.15) is 11.5 Å². The highest BCUT2D eigenvalue weighted by molar-refractivity contribution is 7.99. The minimum Gasteiger partial charge on any atom is -0.483 e.